The average molecular weight is 384 g/mol. The van der Waals surface area contributed by atoms with Crippen LogP contribution in [0.25, 0.3) is 0 Å². The van der Waals surface area contributed by atoms with Crippen molar-refractivity contribution in [3.8, 4) is 0 Å². The van der Waals surface area contributed by atoms with E-state index < -0.39 is 0 Å². The Morgan fingerprint density at radius 2 is 1.68 bits per heavy atom. The molecule has 0 unspecified atom stereocenters. The van der Waals surface area contributed by atoms with E-state index in [9.17, 15) is 13.6 Å². The van der Waals surface area contributed by atoms with Gasteiger partial charge in [-0.2, -0.15) is 0 Å². The van der Waals surface area contributed by atoms with Crippen LogP contribution in [0.3, 0.4) is 0 Å². The molecular weight excluding hydrogens is 358 g/mol. The largest absolute Gasteiger partial charge is 0.333 e. The molecular formula is C23H26F2N2O. The van der Waals surface area contributed by atoms with E-state index in [1.54, 1.807) is 6.07 Å². The van der Waals surface area contributed by atoms with Crippen LogP contribution in [0.4, 0.5) is 8.78 Å². The van der Waals surface area contributed by atoms with Gasteiger partial charge in [0.1, 0.15) is 11.6 Å². The summed E-state index contributed by atoms with van der Waals surface area (Å²) in [4.78, 5) is 17.0. The van der Waals surface area contributed by atoms with Gasteiger partial charge in [0.25, 0.3) is 0 Å². The lowest BCUT2D eigenvalue weighted by Crippen LogP contribution is -2.45. The maximum absolute atomic E-state index is 13.6. The predicted octanol–water partition coefficient (Wildman–Crippen LogP) is 4.51. The zero-order valence-electron chi connectivity index (χ0n) is 16.0. The van der Waals surface area contributed by atoms with Crippen molar-refractivity contribution in [3.63, 3.8) is 0 Å². The quantitative estimate of drug-likeness (QED) is 0.774. The van der Waals surface area contributed by atoms with E-state index >= 15 is 0 Å². The highest BCUT2D eigenvalue weighted by Crippen LogP contribution is 2.40. The first-order valence-electron chi connectivity index (χ1n) is 10.1. The normalized spacial score (nSPS) is 23.4. The van der Waals surface area contributed by atoms with Crippen LogP contribution in [-0.4, -0.2) is 34.3 Å². The van der Waals surface area contributed by atoms with Gasteiger partial charge in [0.15, 0.2) is 0 Å². The summed E-state index contributed by atoms with van der Waals surface area (Å²) in [7, 11) is 0. The molecule has 0 aliphatic carbocycles. The van der Waals surface area contributed by atoms with Crippen LogP contribution in [0.2, 0.25) is 0 Å². The van der Waals surface area contributed by atoms with E-state index in [1.807, 2.05) is 23.1 Å². The number of carbonyl (C=O) groups is 1. The van der Waals surface area contributed by atoms with Crippen LogP contribution in [0.5, 0.6) is 0 Å². The molecule has 0 N–H and O–H groups in total. The van der Waals surface area contributed by atoms with Crippen LogP contribution in [0.15, 0.2) is 48.5 Å². The van der Waals surface area contributed by atoms with E-state index in [2.05, 4.69) is 4.90 Å². The van der Waals surface area contributed by atoms with Crippen molar-refractivity contribution in [1.82, 2.24) is 9.80 Å². The summed E-state index contributed by atoms with van der Waals surface area (Å²) in [6, 6.07) is 13.2. The molecule has 1 amide bonds. The lowest BCUT2D eigenvalue weighted by Gasteiger charge is -2.38. The second kappa shape index (κ2) is 8.00. The fourth-order valence-corrected chi connectivity index (χ4v) is 4.71. The second-order valence-electron chi connectivity index (χ2n) is 8.09. The Morgan fingerprint density at radius 1 is 0.857 bits per heavy atom. The molecule has 2 aromatic rings. The number of likely N-dealkylation sites (tertiary alicyclic amines) is 2. The van der Waals surface area contributed by atoms with Crippen LogP contribution >= 0.6 is 0 Å². The molecule has 2 aliphatic heterocycles. The van der Waals surface area contributed by atoms with Crippen LogP contribution in [0, 0.1) is 11.6 Å². The summed E-state index contributed by atoms with van der Waals surface area (Å²) in [6.45, 7) is 3.16. The van der Waals surface area contributed by atoms with Crippen LogP contribution in [0.1, 0.15) is 43.2 Å². The molecule has 3 nitrogen and oxygen atoms in total. The lowest BCUT2D eigenvalue weighted by molar-refractivity contribution is -0.132. The third kappa shape index (κ3) is 4.09. The number of halogens is 2. The van der Waals surface area contributed by atoms with Crippen molar-refractivity contribution in [1.29, 1.82) is 0 Å². The van der Waals surface area contributed by atoms with Crippen LogP contribution < -0.4 is 0 Å². The summed E-state index contributed by atoms with van der Waals surface area (Å²) >= 11 is 0. The number of nitrogens with zero attached hydrogens (tertiary/aromatic N) is 2. The van der Waals surface area contributed by atoms with E-state index in [0.717, 1.165) is 56.4 Å². The summed E-state index contributed by atoms with van der Waals surface area (Å²) in [6.07, 6.45) is 4.39. The summed E-state index contributed by atoms with van der Waals surface area (Å²) in [5.41, 5.74) is 1.83. The maximum atomic E-state index is 13.6. The molecule has 5 heteroatoms. The molecule has 2 heterocycles. The average Bonchev–Trinajstić information content (AvgIpc) is 2.85. The monoisotopic (exact) mass is 384 g/mol. The van der Waals surface area contributed by atoms with E-state index in [4.69, 9.17) is 0 Å². The van der Waals surface area contributed by atoms with Crippen molar-refractivity contribution < 1.29 is 13.6 Å². The Balaban J connectivity index is 1.46. The van der Waals surface area contributed by atoms with Gasteiger partial charge in [-0.1, -0.05) is 24.3 Å². The fraction of sp³-hybridized carbons (Fsp3) is 0.435. The first kappa shape index (κ1) is 19.1. The fourth-order valence-electron chi connectivity index (χ4n) is 4.71. The number of carbonyl (C=O) groups excluding carboxylic acids is 1. The molecule has 0 bridgehead atoms. The molecule has 28 heavy (non-hydrogen) atoms. The highest BCUT2D eigenvalue weighted by molar-refractivity contribution is 5.79. The van der Waals surface area contributed by atoms with Gasteiger partial charge in [-0.3, -0.25) is 9.69 Å². The Hall–Kier alpha value is -2.27. The zero-order chi connectivity index (χ0) is 19.6. The lowest BCUT2D eigenvalue weighted by atomic mass is 9.87. The molecule has 2 fully saturated rings. The van der Waals surface area contributed by atoms with Gasteiger partial charge in [-0.15, -0.1) is 0 Å². The predicted molar refractivity (Wildman–Crippen MR) is 104 cm³/mol. The van der Waals surface area contributed by atoms with Crippen molar-refractivity contribution in [3.05, 3.63) is 71.3 Å². The molecule has 148 valence electrons. The van der Waals surface area contributed by atoms with Gasteiger partial charge < -0.3 is 4.90 Å². The highest BCUT2D eigenvalue weighted by Gasteiger charge is 2.45. The summed E-state index contributed by atoms with van der Waals surface area (Å²) in [5.74, 6) is -0.295. The minimum atomic E-state index is -0.260. The molecule has 0 saturated carbocycles. The zero-order valence-corrected chi connectivity index (χ0v) is 16.0. The molecule has 2 saturated heterocycles. The van der Waals surface area contributed by atoms with Crippen LogP contribution in [-0.2, 0) is 17.9 Å². The Kier molecular flexibility index (Phi) is 5.44. The Morgan fingerprint density at radius 3 is 2.46 bits per heavy atom. The van der Waals surface area contributed by atoms with Gasteiger partial charge in [-0.25, -0.2) is 8.78 Å². The summed E-state index contributed by atoms with van der Waals surface area (Å²) in [5, 5.41) is 0. The molecule has 1 atom stereocenters. The number of amides is 1. The maximum Gasteiger partial charge on any atom is 0.223 e. The minimum absolute atomic E-state index is 0.124. The Labute approximate surface area is 165 Å². The molecule has 0 aromatic heterocycles. The molecule has 2 aromatic carbocycles. The molecule has 4 rings (SSSR count). The van der Waals surface area contributed by atoms with Crippen molar-refractivity contribution in [2.45, 2.75) is 50.7 Å². The van der Waals surface area contributed by atoms with Crippen molar-refractivity contribution in [2.75, 3.05) is 13.1 Å². The van der Waals surface area contributed by atoms with Gasteiger partial charge in [0.2, 0.25) is 5.91 Å². The minimum Gasteiger partial charge on any atom is -0.333 e. The SMILES string of the molecule is O=C1CC[C@@]2(CCCN(Cc3ccc(F)cc3)CC2)N1Cc1cccc(F)c1. The van der Waals surface area contributed by atoms with Gasteiger partial charge in [-0.05, 0) is 67.6 Å². The number of hydrogen-bond donors (Lipinski definition) is 0. The first-order chi connectivity index (χ1) is 13.5. The van der Waals surface area contributed by atoms with Crippen molar-refractivity contribution >= 4 is 5.91 Å². The van der Waals surface area contributed by atoms with E-state index in [-0.39, 0.29) is 23.1 Å². The number of hydrogen-bond acceptors (Lipinski definition) is 2. The van der Waals surface area contributed by atoms with Gasteiger partial charge in [0, 0.05) is 31.6 Å². The van der Waals surface area contributed by atoms with Gasteiger partial charge >= 0.3 is 0 Å². The number of rotatable bonds is 4. The third-order valence-electron chi connectivity index (χ3n) is 6.24. The second-order valence-corrected chi connectivity index (χ2v) is 8.09. The molecule has 1 spiro atoms. The van der Waals surface area contributed by atoms with E-state index in [1.165, 1.54) is 24.3 Å². The standard InChI is InChI=1S/C23H26F2N2O/c24-20-7-5-18(6-8-20)16-26-13-2-10-23(12-14-26)11-9-22(28)27(23)17-19-3-1-4-21(25)15-19/h1,3-8,15H,2,9-14,16-17H2/t23-/m1/s1. The summed E-state index contributed by atoms with van der Waals surface area (Å²) < 4.78 is 26.7. The smallest absolute Gasteiger partial charge is 0.223 e. The van der Waals surface area contributed by atoms with Crippen molar-refractivity contribution in [2.24, 2.45) is 0 Å². The highest BCUT2D eigenvalue weighted by atomic mass is 19.1. The topological polar surface area (TPSA) is 23.6 Å². The Bertz CT molecular complexity index is 839. The number of benzene rings is 2. The molecule has 2 aliphatic rings. The first-order valence-corrected chi connectivity index (χ1v) is 10.1. The van der Waals surface area contributed by atoms with Gasteiger partial charge in [0.05, 0.1) is 0 Å². The molecule has 0 radical (unpaired) electrons. The van der Waals surface area contributed by atoms with E-state index in [0.29, 0.717) is 13.0 Å². The third-order valence-corrected chi connectivity index (χ3v) is 6.24.